The molecule has 1 aromatic carbocycles. The number of nitrogens with one attached hydrogen (secondary N) is 1. The minimum Gasteiger partial charge on any atom is -0.353 e. The molecule has 1 aliphatic heterocycles. The average molecular weight is 270 g/mol. The molecule has 1 fully saturated rings. The van der Waals surface area contributed by atoms with E-state index < -0.39 is 0 Å². The van der Waals surface area contributed by atoms with Crippen molar-refractivity contribution in [3.05, 3.63) is 48.2 Å². The Morgan fingerprint density at radius 2 is 2.00 bits per heavy atom. The standard InChI is InChI=1S/C16H22N4/c1-16(14-7-4-3-5-8-14)13-20(11-6-10-17-16)15-9-12-19(2)18-15/h3-5,7-9,12,17H,6,10-11,13H2,1-2H3. The third kappa shape index (κ3) is 2.56. The van der Waals surface area contributed by atoms with Crippen LogP contribution < -0.4 is 10.2 Å². The number of nitrogens with zero attached hydrogens (tertiary/aromatic N) is 3. The fourth-order valence-electron chi connectivity index (χ4n) is 2.92. The van der Waals surface area contributed by atoms with Crippen molar-refractivity contribution in [2.45, 2.75) is 18.9 Å². The number of aromatic nitrogens is 2. The second-order valence-electron chi connectivity index (χ2n) is 5.75. The zero-order valence-corrected chi connectivity index (χ0v) is 12.2. The SMILES string of the molecule is Cn1ccc(N2CCCNC(C)(c3ccccc3)C2)n1. The molecule has 0 bridgehead atoms. The molecule has 1 atom stereocenters. The van der Waals surface area contributed by atoms with E-state index in [2.05, 4.69) is 58.6 Å². The van der Waals surface area contributed by atoms with Crippen LogP contribution in [-0.2, 0) is 12.6 Å². The maximum absolute atomic E-state index is 4.55. The quantitative estimate of drug-likeness (QED) is 0.907. The van der Waals surface area contributed by atoms with E-state index in [1.807, 2.05) is 17.9 Å². The lowest BCUT2D eigenvalue weighted by atomic mass is 9.91. The molecule has 1 saturated heterocycles. The summed E-state index contributed by atoms with van der Waals surface area (Å²) >= 11 is 0. The molecule has 20 heavy (non-hydrogen) atoms. The molecule has 0 aliphatic carbocycles. The lowest BCUT2D eigenvalue weighted by Gasteiger charge is -2.34. The van der Waals surface area contributed by atoms with Crippen LogP contribution in [0.25, 0.3) is 0 Å². The number of rotatable bonds is 2. The zero-order valence-electron chi connectivity index (χ0n) is 12.2. The monoisotopic (exact) mass is 270 g/mol. The molecule has 1 N–H and O–H groups in total. The second-order valence-corrected chi connectivity index (χ2v) is 5.75. The molecule has 0 radical (unpaired) electrons. The summed E-state index contributed by atoms with van der Waals surface area (Å²) in [6, 6.07) is 12.8. The van der Waals surface area contributed by atoms with Gasteiger partial charge in [-0.05, 0) is 25.5 Å². The molecular formula is C16H22N4. The fourth-order valence-corrected chi connectivity index (χ4v) is 2.92. The van der Waals surface area contributed by atoms with E-state index in [4.69, 9.17) is 0 Å². The number of anilines is 1. The van der Waals surface area contributed by atoms with Gasteiger partial charge in [-0.3, -0.25) is 4.68 Å². The highest BCUT2D eigenvalue weighted by atomic mass is 15.3. The van der Waals surface area contributed by atoms with Crippen LogP contribution in [0.15, 0.2) is 42.6 Å². The van der Waals surface area contributed by atoms with Crippen molar-refractivity contribution in [3.63, 3.8) is 0 Å². The van der Waals surface area contributed by atoms with Gasteiger partial charge in [0.05, 0.1) is 5.54 Å². The van der Waals surface area contributed by atoms with Crippen LogP contribution in [0.2, 0.25) is 0 Å². The minimum absolute atomic E-state index is 0.0325. The lowest BCUT2D eigenvalue weighted by Crippen LogP contribution is -2.46. The van der Waals surface area contributed by atoms with Crippen molar-refractivity contribution in [3.8, 4) is 0 Å². The first-order valence-electron chi connectivity index (χ1n) is 7.22. The van der Waals surface area contributed by atoms with Crippen LogP contribution in [0.4, 0.5) is 5.82 Å². The molecule has 0 saturated carbocycles. The van der Waals surface area contributed by atoms with Gasteiger partial charge in [0, 0.05) is 32.4 Å². The van der Waals surface area contributed by atoms with Crippen molar-refractivity contribution in [1.82, 2.24) is 15.1 Å². The highest BCUT2D eigenvalue weighted by Crippen LogP contribution is 2.26. The predicted molar refractivity (Wildman–Crippen MR) is 81.8 cm³/mol. The molecule has 1 unspecified atom stereocenters. The Bertz CT molecular complexity index is 563. The van der Waals surface area contributed by atoms with Gasteiger partial charge in [0.1, 0.15) is 0 Å². The lowest BCUT2D eigenvalue weighted by molar-refractivity contribution is 0.392. The molecule has 0 amide bonds. The minimum atomic E-state index is -0.0325. The molecule has 2 heterocycles. The van der Waals surface area contributed by atoms with Crippen LogP contribution in [-0.4, -0.2) is 29.4 Å². The maximum Gasteiger partial charge on any atom is 0.150 e. The van der Waals surface area contributed by atoms with Crippen LogP contribution in [0.5, 0.6) is 0 Å². The van der Waals surface area contributed by atoms with Crippen molar-refractivity contribution in [1.29, 1.82) is 0 Å². The van der Waals surface area contributed by atoms with Crippen LogP contribution >= 0.6 is 0 Å². The Hall–Kier alpha value is -1.81. The number of benzene rings is 1. The second kappa shape index (κ2) is 5.29. The number of hydrogen-bond acceptors (Lipinski definition) is 3. The first kappa shape index (κ1) is 13.2. The van der Waals surface area contributed by atoms with Crippen molar-refractivity contribution in [2.75, 3.05) is 24.5 Å². The smallest absolute Gasteiger partial charge is 0.150 e. The highest BCUT2D eigenvalue weighted by Gasteiger charge is 2.31. The summed E-state index contributed by atoms with van der Waals surface area (Å²) in [6.45, 7) is 5.30. The summed E-state index contributed by atoms with van der Waals surface area (Å²) < 4.78 is 1.87. The number of hydrogen-bond donors (Lipinski definition) is 1. The Balaban J connectivity index is 1.89. The van der Waals surface area contributed by atoms with E-state index in [0.29, 0.717) is 0 Å². The van der Waals surface area contributed by atoms with Gasteiger partial charge in [0.15, 0.2) is 5.82 Å². The summed E-state index contributed by atoms with van der Waals surface area (Å²) in [4.78, 5) is 2.38. The van der Waals surface area contributed by atoms with Gasteiger partial charge in [-0.1, -0.05) is 30.3 Å². The molecule has 106 valence electrons. The van der Waals surface area contributed by atoms with E-state index in [-0.39, 0.29) is 5.54 Å². The number of aryl methyl sites for hydroxylation is 1. The van der Waals surface area contributed by atoms with Gasteiger partial charge in [-0.15, -0.1) is 0 Å². The molecule has 4 heteroatoms. The maximum atomic E-state index is 4.55. The molecule has 4 nitrogen and oxygen atoms in total. The van der Waals surface area contributed by atoms with Gasteiger partial charge in [-0.25, -0.2) is 0 Å². The van der Waals surface area contributed by atoms with E-state index >= 15 is 0 Å². The molecule has 0 spiro atoms. The first-order valence-corrected chi connectivity index (χ1v) is 7.22. The largest absolute Gasteiger partial charge is 0.353 e. The molecule has 3 rings (SSSR count). The summed E-state index contributed by atoms with van der Waals surface area (Å²) in [6.07, 6.45) is 3.15. The topological polar surface area (TPSA) is 33.1 Å². The van der Waals surface area contributed by atoms with E-state index in [0.717, 1.165) is 31.9 Å². The summed E-state index contributed by atoms with van der Waals surface area (Å²) in [5, 5.41) is 8.25. The summed E-state index contributed by atoms with van der Waals surface area (Å²) in [5.41, 5.74) is 1.30. The van der Waals surface area contributed by atoms with Crippen molar-refractivity contribution < 1.29 is 0 Å². The fraction of sp³-hybridized carbons (Fsp3) is 0.438. The van der Waals surface area contributed by atoms with Crippen LogP contribution in [0.3, 0.4) is 0 Å². The van der Waals surface area contributed by atoms with Crippen LogP contribution in [0, 0.1) is 0 Å². The van der Waals surface area contributed by atoms with E-state index in [1.54, 1.807) is 0 Å². The van der Waals surface area contributed by atoms with E-state index in [1.165, 1.54) is 5.56 Å². The van der Waals surface area contributed by atoms with Gasteiger partial charge in [0.25, 0.3) is 0 Å². The molecule has 2 aromatic rings. The highest BCUT2D eigenvalue weighted by molar-refractivity contribution is 5.39. The van der Waals surface area contributed by atoms with Gasteiger partial charge < -0.3 is 10.2 Å². The van der Waals surface area contributed by atoms with E-state index in [9.17, 15) is 0 Å². The predicted octanol–water partition coefficient (Wildman–Crippen LogP) is 2.14. The molecular weight excluding hydrogens is 248 g/mol. The first-order chi connectivity index (χ1) is 9.67. The Labute approximate surface area is 120 Å². The van der Waals surface area contributed by atoms with Crippen molar-refractivity contribution in [2.24, 2.45) is 7.05 Å². The van der Waals surface area contributed by atoms with Gasteiger partial charge in [0.2, 0.25) is 0 Å². The third-order valence-corrected chi connectivity index (χ3v) is 4.06. The third-order valence-electron chi connectivity index (χ3n) is 4.06. The average Bonchev–Trinajstić information content (AvgIpc) is 2.79. The van der Waals surface area contributed by atoms with Crippen molar-refractivity contribution >= 4 is 5.82 Å². The van der Waals surface area contributed by atoms with Crippen LogP contribution in [0.1, 0.15) is 18.9 Å². The summed E-state index contributed by atoms with van der Waals surface area (Å²) in [7, 11) is 1.97. The van der Waals surface area contributed by atoms with Gasteiger partial charge in [-0.2, -0.15) is 5.10 Å². The molecule has 1 aromatic heterocycles. The Morgan fingerprint density at radius 3 is 2.70 bits per heavy atom. The van der Waals surface area contributed by atoms with Gasteiger partial charge >= 0.3 is 0 Å². The Morgan fingerprint density at radius 1 is 1.20 bits per heavy atom. The normalized spacial score (nSPS) is 23.6. The zero-order chi connectivity index (χ0) is 14.0. The summed E-state index contributed by atoms with van der Waals surface area (Å²) in [5.74, 6) is 1.07. The molecule has 1 aliphatic rings. The Kier molecular flexibility index (Phi) is 3.49.